The predicted octanol–water partition coefficient (Wildman–Crippen LogP) is 2.59. The summed E-state index contributed by atoms with van der Waals surface area (Å²) in [7, 11) is 0. The van der Waals surface area contributed by atoms with E-state index in [0.29, 0.717) is 21.9 Å². The lowest BCUT2D eigenvalue weighted by Crippen LogP contribution is -2.25. The molecular formula is C15H12ClN3O3. The maximum Gasteiger partial charge on any atom is 0.420 e. The molecule has 22 heavy (non-hydrogen) atoms. The van der Waals surface area contributed by atoms with Crippen molar-refractivity contribution < 1.29 is 9.21 Å². The van der Waals surface area contributed by atoms with Crippen molar-refractivity contribution in [1.82, 2.24) is 9.55 Å². The Bertz CT molecular complexity index is 914. The Kier molecular flexibility index (Phi) is 3.68. The molecule has 1 N–H and O–H groups in total. The molecule has 0 atom stereocenters. The summed E-state index contributed by atoms with van der Waals surface area (Å²) in [6.07, 6.45) is 1.59. The zero-order chi connectivity index (χ0) is 15.7. The van der Waals surface area contributed by atoms with Gasteiger partial charge in [-0.2, -0.15) is 0 Å². The monoisotopic (exact) mass is 317 g/mol. The second-order valence-corrected chi connectivity index (χ2v) is 5.22. The highest BCUT2D eigenvalue weighted by atomic mass is 35.5. The molecule has 6 nitrogen and oxygen atoms in total. The summed E-state index contributed by atoms with van der Waals surface area (Å²) in [6, 6.07) is 8.43. The van der Waals surface area contributed by atoms with Gasteiger partial charge in [-0.05, 0) is 30.7 Å². The normalized spacial score (nSPS) is 10.8. The van der Waals surface area contributed by atoms with E-state index in [1.54, 1.807) is 24.4 Å². The molecule has 0 spiro atoms. The van der Waals surface area contributed by atoms with Crippen molar-refractivity contribution in [1.29, 1.82) is 0 Å². The van der Waals surface area contributed by atoms with E-state index < -0.39 is 5.76 Å². The molecule has 1 aromatic carbocycles. The number of benzene rings is 1. The second-order valence-electron chi connectivity index (χ2n) is 4.78. The summed E-state index contributed by atoms with van der Waals surface area (Å²) in [5, 5.41) is 3.13. The quantitative estimate of drug-likeness (QED) is 0.805. The SMILES string of the molecule is Cc1cccnc1NC(=O)Cn1c(=O)oc2cc(Cl)ccc21. The number of halogens is 1. The minimum Gasteiger partial charge on any atom is -0.408 e. The Balaban J connectivity index is 1.87. The fraction of sp³-hybridized carbons (Fsp3) is 0.133. The van der Waals surface area contributed by atoms with Crippen LogP contribution in [0.5, 0.6) is 0 Å². The number of rotatable bonds is 3. The maximum absolute atomic E-state index is 12.1. The van der Waals surface area contributed by atoms with Crippen molar-refractivity contribution in [2.24, 2.45) is 0 Å². The number of pyridine rings is 1. The molecule has 7 heteroatoms. The molecule has 0 aliphatic heterocycles. The van der Waals surface area contributed by atoms with Crippen LogP contribution in [-0.2, 0) is 11.3 Å². The Labute approximate surface area is 130 Å². The molecule has 0 aliphatic rings. The topological polar surface area (TPSA) is 77.1 Å². The molecule has 0 unspecified atom stereocenters. The number of aryl methyl sites for hydroxylation is 1. The van der Waals surface area contributed by atoms with Crippen LogP contribution in [0.1, 0.15) is 5.56 Å². The molecule has 0 aliphatic carbocycles. The molecule has 1 amide bonds. The third-order valence-electron chi connectivity index (χ3n) is 3.20. The summed E-state index contributed by atoms with van der Waals surface area (Å²) in [4.78, 5) is 28.1. The van der Waals surface area contributed by atoms with Crippen LogP contribution < -0.4 is 11.1 Å². The van der Waals surface area contributed by atoms with E-state index in [1.165, 1.54) is 10.6 Å². The van der Waals surface area contributed by atoms with Crippen molar-refractivity contribution in [2.45, 2.75) is 13.5 Å². The number of anilines is 1. The van der Waals surface area contributed by atoms with Gasteiger partial charge < -0.3 is 9.73 Å². The van der Waals surface area contributed by atoms with Crippen LogP contribution in [0.2, 0.25) is 5.02 Å². The van der Waals surface area contributed by atoms with E-state index >= 15 is 0 Å². The van der Waals surface area contributed by atoms with E-state index in [4.69, 9.17) is 16.0 Å². The summed E-state index contributed by atoms with van der Waals surface area (Å²) in [5.41, 5.74) is 1.70. The second kappa shape index (κ2) is 5.65. The molecule has 0 bridgehead atoms. The molecule has 2 heterocycles. The first-order chi connectivity index (χ1) is 10.5. The highest BCUT2D eigenvalue weighted by molar-refractivity contribution is 6.31. The van der Waals surface area contributed by atoms with Gasteiger partial charge in [0.05, 0.1) is 5.52 Å². The number of aromatic nitrogens is 2. The molecule has 3 rings (SSSR count). The van der Waals surface area contributed by atoms with Gasteiger partial charge in [-0.3, -0.25) is 9.36 Å². The number of carbonyl (C=O) groups is 1. The molecule has 0 radical (unpaired) electrons. The van der Waals surface area contributed by atoms with Crippen molar-refractivity contribution in [3.05, 3.63) is 57.7 Å². The van der Waals surface area contributed by atoms with Gasteiger partial charge >= 0.3 is 5.76 Å². The minimum atomic E-state index is -0.606. The number of fused-ring (bicyclic) bond motifs is 1. The molecule has 2 aromatic heterocycles. The summed E-state index contributed by atoms with van der Waals surface area (Å²) < 4.78 is 6.33. The minimum absolute atomic E-state index is 0.163. The predicted molar refractivity (Wildman–Crippen MR) is 83.1 cm³/mol. The maximum atomic E-state index is 12.1. The van der Waals surface area contributed by atoms with Crippen LogP contribution in [0, 0.1) is 6.92 Å². The lowest BCUT2D eigenvalue weighted by Gasteiger charge is -2.07. The molecule has 0 fully saturated rings. The molecule has 0 saturated heterocycles. The molecule has 3 aromatic rings. The first-order valence-electron chi connectivity index (χ1n) is 6.55. The Hall–Kier alpha value is -2.60. The van der Waals surface area contributed by atoms with Crippen LogP contribution in [0.15, 0.2) is 45.7 Å². The van der Waals surface area contributed by atoms with E-state index in [0.717, 1.165) is 5.56 Å². The average molecular weight is 318 g/mol. The number of hydrogen-bond donors (Lipinski definition) is 1. The highest BCUT2D eigenvalue weighted by Gasteiger charge is 2.14. The van der Waals surface area contributed by atoms with Gasteiger partial charge in [0.2, 0.25) is 5.91 Å². The number of hydrogen-bond acceptors (Lipinski definition) is 4. The number of amides is 1. The van der Waals surface area contributed by atoms with E-state index in [2.05, 4.69) is 10.3 Å². The van der Waals surface area contributed by atoms with Crippen LogP contribution >= 0.6 is 11.6 Å². The summed E-state index contributed by atoms with van der Waals surface area (Å²) in [6.45, 7) is 1.67. The molecule has 0 saturated carbocycles. The zero-order valence-electron chi connectivity index (χ0n) is 11.7. The van der Waals surface area contributed by atoms with Crippen molar-refractivity contribution in [2.75, 3.05) is 5.32 Å². The van der Waals surface area contributed by atoms with Gasteiger partial charge in [-0.15, -0.1) is 0 Å². The number of nitrogens with one attached hydrogen (secondary N) is 1. The standard InChI is InChI=1S/C15H12ClN3O3/c1-9-3-2-6-17-14(9)18-13(20)8-19-11-5-4-10(16)7-12(11)22-15(19)21/h2-7H,8H2,1H3,(H,17,18,20). The van der Waals surface area contributed by atoms with Gasteiger partial charge in [-0.25, -0.2) is 9.78 Å². The number of carbonyl (C=O) groups excluding carboxylic acids is 1. The third kappa shape index (κ3) is 2.73. The fourth-order valence-electron chi connectivity index (χ4n) is 2.12. The Morgan fingerprint density at radius 2 is 2.23 bits per heavy atom. The first kappa shape index (κ1) is 14.3. The van der Waals surface area contributed by atoms with Crippen LogP contribution in [-0.4, -0.2) is 15.5 Å². The van der Waals surface area contributed by atoms with E-state index in [9.17, 15) is 9.59 Å². The van der Waals surface area contributed by atoms with Gasteiger partial charge in [0, 0.05) is 17.3 Å². The lowest BCUT2D eigenvalue weighted by molar-refractivity contribution is -0.116. The number of oxazole rings is 1. The van der Waals surface area contributed by atoms with Crippen molar-refractivity contribution >= 4 is 34.4 Å². The van der Waals surface area contributed by atoms with Gasteiger partial charge in [0.15, 0.2) is 5.58 Å². The molecular weight excluding hydrogens is 306 g/mol. The first-order valence-corrected chi connectivity index (χ1v) is 6.93. The fourth-order valence-corrected chi connectivity index (χ4v) is 2.28. The highest BCUT2D eigenvalue weighted by Crippen LogP contribution is 2.18. The van der Waals surface area contributed by atoms with Gasteiger partial charge in [0.1, 0.15) is 12.4 Å². The lowest BCUT2D eigenvalue weighted by atomic mass is 10.3. The zero-order valence-corrected chi connectivity index (χ0v) is 12.4. The third-order valence-corrected chi connectivity index (χ3v) is 3.43. The van der Waals surface area contributed by atoms with Crippen LogP contribution in [0.4, 0.5) is 5.82 Å². The van der Waals surface area contributed by atoms with Crippen molar-refractivity contribution in [3.8, 4) is 0 Å². The van der Waals surface area contributed by atoms with E-state index in [-0.39, 0.29) is 12.5 Å². The van der Waals surface area contributed by atoms with Crippen LogP contribution in [0.25, 0.3) is 11.1 Å². The smallest absolute Gasteiger partial charge is 0.408 e. The summed E-state index contributed by atoms with van der Waals surface area (Å²) >= 11 is 5.85. The Morgan fingerprint density at radius 1 is 1.41 bits per heavy atom. The largest absolute Gasteiger partial charge is 0.420 e. The van der Waals surface area contributed by atoms with Gasteiger partial charge in [-0.1, -0.05) is 17.7 Å². The average Bonchev–Trinajstić information content (AvgIpc) is 2.77. The van der Waals surface area contributed by atoms with Crippen molar-refractivity contribution in [3.63, 3.8) is 0 Å². The van der Waals surface area contributed by atoms with Crippen LogP contribution in [0.3, 0.4) is 0 Å². The Morgan fingerprint density at radius 3 is 3.00 bits per heavy atom. The van der Waals surface area contributed by atoms with Gasteiger partial charge in [0.25, 0.3) is 0 Å². The number of nitrogens with zero attached hydrogens (tertiary/aromatic N) is 2. The summed E-state index contributed by atoms with van der Waals surface area (Å²) in [5.74, 6) is -0.497. The van der Waals surface area contributed by atoms with E-state index in [1.807, 2.05) is 13.0 Å². The molecule has 112 valence electrons.